The number of hydrogen-bond donors (Lipinski definition) is 1. The first-order chi connectivity index (χ1) is 8.75. The molecule has 0 aromatic carbocycles. The van der Waals surface area contributed by atoms with Gasteiger partial charge in [0.05, 0.1) is 6.54 Å². The van der Waals surface area contributed by atoms with Gasteiger partial charge >= 0.3 is 6.09 Å². The third-order valence-electron chi connectivity index (χ3n) is 3.31. The van der Waals surface area contributed by atoms with E-state index in [1.807, 2.05) is 0 Å². The quantitative estimate of drug-likeness (QED) is 0.771. The maximum atomic E-state index is 11.6. The van der Waals surface area contributed by atoms with Gasteiger partial charge in [-0.05, 0) is 25.2 Å². The Hall–Kier alpha value is -1.30. The molecule has 2 rings (SSSR count). The van der Waals surface area contributed by atoms with Crippen molar-refractivity contribution in [3.8, 4) is 0 Å². The number of ether oxygens (including phenoxy) is 2. The minimum Gasteiger partial charge on any atom is -0.448 e. The highest BCUT2D eigenvalue weighted by molar-refractivity contribution is 5.82. The highest BCUT2D eigenvalue weighted by Gasteiger charge is 2.24. The van der Waals surface area contributed by atoms with Crippen LogP contribution in [0.25, 0.3) is 0 Å². The first-order valence-corrected chi connectivity index (χ1v) is 6.52. The average molecular weight is 256 g/mol. The number of amides is 2. The van der Waals surface area contributed by atoms with Crippen LogP contribution in [-0.2, 0) is 14.3 Å². The highest BCUT2D eigenvalue weighted by Crippen LogP contribution is 2.16. The summed E-state index contributed by atoms with van der Waals surface area (Å²) in [5.74, 6) is 0.432. The summed E-state index contributed by atoms with van der Waals surface area (Å²) >= 11 is 0. The second kappa shape index (κ2) is 6.58. The summed E-state index contributed by atoms with van der Waals surface area (Å²) in [4.78, 5) is 24.1. The van der Waals surface area contributed by atoms with E-state index in [-0.39, 0.29) is 12.5 Å². The Labute approximate surface area is 107 Å². The average Bonchev–Trinajstić information content (AvgIpc) is 2.76. The van der Waals surface area contributed by atoms with Crippen molar-refractivity contribution in [2.45, 2.75) is 19.3 Å². The molecule has 2 amide bonds. The van der Waals surface area contributed by atoms with Crippen molar-refractivity contribution >= 4 is 12.0 Å². The topological polar surface area (TPSA) is 67.9 Å². The Bertz CT molecular complexity index is 302. The van der Waals surface area contributed by atoms with Gasteiger partial charge in [0.15, 0.2) is 0 Å². The number of nitrogens with one attached hydrogen (secondary N) is 1. The van der Waals surface area contributed by atoms with Gasteiger partial charge in [0.1, 0.15) is 13.2 Å². The zero-order valence-corrected chi connectivity index (χ0v) is 10.5. The molecule has 2 heterocycles. The summed E-state index contributed by atoms with van der Waals surface area (Å²) in [5, 5.41) is 2.83. The van der Waals surface area contributed by atoms with Crippen LogP contribution in [-0.4, -0.2) is 56.4 Å². The molecule has 6 nitrogen and oxygen atoms in total. The van der Waals surface area contributed by atoms with Crippen molar-refractivity contribution in [2.75, 3.05) is 39.5 Å². The van der Waals surface area contributed by atoms with Crippen LogP contribution in [0.2, 0.25) is 0 Å². The van der Waals surface area contributed by atoms with Gasteiger partial charge < -0.3 is 14.8 Å². The van der Waals surface area contributed by atoms with E-state index >= 15 is 0 Å². The van der Waals surface area contributed by atoms with Gasteiger partial charge in [-0.25, -0.2) is 4.79 Å². The molecular formula is C12H20N2O4. The molecule has 2 aliphatic rings. The predicted octanol–water partition coefficient (Wildman–Crippen LogP) is 0.371. The van der Waals surface area contributed by atoms with Crippen LogP contribution in [0.5, 0.6) is 0 Å². The molecule has 0 aromatic rings. The lowest BCUT2D eigenvalue weighted by Gasteiger charge is -2.22. The zero-order chi connectivity index (χ0) is 12.8. The molecule has 0 aliphatic carbocycles. The molecule has 1 atom stereocenters. The Morgan fingerprint density at radius 3 is 3.00 bits per heavy atom. The lowest BCUT2D eigenvalue weighted by Crippen LogP contribution is -2.38. The lowest BCUT2D eigenvalue weighted by molar-refractivity contribution is -0.121. The maximum Gasteiger partial charge on any atom is 0.410 e. The number of rotatable bonds is 5. The molecule has 6 heteroatoms. The van der Waals surface area contributed by atoms with Crippen LogP contribution in [0.1, 0.15) is 19.3 Å². The van der Waals surface area contributed by atoms with Crippen LogP contribution in [0.3, 0.4) is 0 Å². The molecule has 2 saturated heterocycles. The van der Waals surface area contributed by atoms with Crippen LogP contribution >= 0.6 is 0 Å². The first-order valence-electron chi connectivity index (χ1n) is 6.52. The number of carbonyl (C=O) groups is 2. The summed E-state index contributed by atoms with van der Waals surface area (Å²) in [6.07, 6.45) is 2.83. The second-order valence-electron chi connectivity index (χ2n) is 4.76. The molecule has 1 unspecified atom stereocenters. The van der Waals surface area contributed by atoms with E-state index in [2.05, 4.69) is 5.32 Å². The molecule has 2 aliphatic heterocycles. The van der Waals surface area contributed by atoms with E-state index in [0.717, 1.165) is 26.1 Å². The van der Waals surface area contributed by atoms with Crippen molar-refractivity contribution in [3.63, 3.8) is 0 Å². The van der Waals surface area contributed by atoms with Crippen molar-refractivity contribution < 1.29 is 19.1 Å². The third kappa shape index (κ3) is 3.87. The van der Waals surface area contributed by atoms with Gasteiger partial charge in [0.2, 0.25) is 5.91 Å². The van der Waals surface area contributed by atoms with Crippen LogP contribution < -0.4 is 5.32 Å². The van der Waals surface area contributed by atoms with Crippen molar-refractivity contribution in [3.05, 3.63) is 0 Å². The number of cyclic esters (lactones) is 1. The second-order valence-corrected chi connectivity index (χ2v) is 4.76. The summed E-state index contributed by atoms with van der Waals surface area (Å²) in [7, 11) is 0. The van der Waals surface area contributed by atoms with Crippen molar-refractivity contribution in [1.82, 2.24) is 10.2 Å². The SMILES string of the molecule is O=C(CN1CCOC1=O)NCCC1CCCOC1. The molecule has 1 N–H and O–H groups in total. The predicted molar refractivity (Wildman–Crippen MR) is 64.1 cm³/mol. The zero-order valence-electron chi connectivity index (χ0n) is 10.5. The molecule has 0 radical (unpaired) electrons. The highest BCUT2D eigenvalue weighted by atomic mass is 16.6. The molecular weight excluding hydrogens is 236 g/mol. The maximum absolute atomic E-state index is 11.6. The van der Waals surface area contributed by atoms with E-state index in [9.17, 15) is 9.59 Å². The Balaban J connectivity index is 1.58. The fourth-order valence-corrected chi connectivity index (χ4v) is 2.25. The van der Waals surface area contributed by atoms with E-state index in [1.165, 1.54) is 11.3 Å². The van der Waals surface area contributed by atoms with E-state index in [1.54, 1.807) is 0 Å². The van der Waals surface area contributed by atoms with Crippen molar-refractivity contribution in [2.24, 2.45) is 5.92 Å². The van der Waals surface area contributed by atoms with E-state index in [0.29, 0.717) is 25.6 Å². The van der Waals surface area contributed by atoms with Gasteiger partial charge in [-0.1, -0.05) is 0 Å². The summed E-state index contributed by atoms with van der Waals surface area (Å²) < 4.78 is 10.1. The molecule has 0 saturated carbocycles. The molecule has 18 heavy (non-hydrogen) atoms. The lowest BCUT2D eigenvalue weighted by atomic mass is 9.99. The number of nitrogens with zero attached hydrogens (tertiary/aromatic N) is 1. The molecule has 0 spiro atoms. The van der Waals surface area contributed by atoms with Gasteiger partial charge in [-0.3, -0.25) is 9.69 Å². The van der Waals surface area contributed by atoms with E-state index in [4.69, 9.17) is 9.47 Å². The number of carbonyl (C=O) groups excluding carboxylic acids is 2. The largest absolute Gasteiger partial charge is 0.448 e. The summed E-state index contributed by atoms with van der Waals surface area (Å²) in [5.41, 5.74) is 0. The molecule has 0 aromatic heterocycles. The van der Waals surface area contributed by atoms with Gasteiger partial charge in [-0.2, -0.15) is 0 Å². The smallest absolute Gasteiger partial charge is 0.410 e. The first kappa shape index (κ1) is 13.1. The third-order valence-corrected chi connectivity index (χ3v) is 3.31. The van der Waals surface area contributed by atoms with E-state index < -0.39 is 6.09 Å². The van der Waals surface area contributed by atoms with Gasteiger partial charge in [0.25, 0.3) is 0 Å². The Morgan fingerprint density at radius 1 is 1.44 bits per heavy atom. The fourth-order valence-electron chi connectivity index (χ4n) is 2.25. The molecule has 2 fully saturated rings. The number of hydrogen-bond acceptors (Lipinski definition) is 4. The van der Waals surface area contributed by atoms with Crippen molar-refractivity contribution in [1.29, 1.82) is 0 Å². The van der Waals surface area contributed by atoms with Gasteiger partial charge in [-0.15, -0.1) is 0 Å². The van der Waals surface area contributed by atoms with Crippen LogP contribution in [0, 0.1) is 5.92 Å². The minimum atomic E-state index is -0.397. The molecule has 102 valence electrons. The monoisotopic (exact) mass is 256 g/mol. The normalized spacial score (nSPS) is 23.9. The standard InChI is InChI=1S/C12H20N2O4/c15-11(8-14-5-7-18-12(14)16)13-4-3-10-2-1-6-17-9-10/h10H,1-9H2,(H,13,15). The van der Waals surface area contributed by atoms with Crippen LogP contribution in [0.15, 0.2) is 0 Å². The van der Waals surface area contributed by atoms with Crippen LogP contribution in [0.4, 0.5) is 4.79 Å². The molecule has 0 bridgehead atoms. The summed E-state index contributed by atoms with van der Waals surface area (Å²) in [6.45, 7) is 3.29. The Morgan fingerprint density at radius 2 is 2.33 bits per heavy atom. The summed E-state index contributed by atoms with van der Waals surface area (Å²) in [6, 6.07) is 0. The minimum absolute atomic E-state index is 0.0972. The van der Waals surface area contributed by atoms with Gasteiger partial charge in [0, 0.05) is 19.8 Å². The fraction of sp³-hybridized carbons (Fsp3) is 0.833. The Kier molecular flexibility index (Phi) is 4.81.